The average molecular weight is 560 g/mol. The Kier molecular flexibility index (Phi) is 9.02. The van der Waals surface area contributed by atoms with Gasteiger partial charge in [0.25, 0.3) is 5.56 Å². The van der Waals surface area contributed by atoms with Gasteiger partial charge in [-0.2, -0.15) is 0 Å². The molecule has 0 amide bonds. The normalized spacial score (nSPS) is 23.4. The molecule has 5 atom stereocenters. The van der Waals surface area contributed by atoms with Crippen LogP contribution in [0.15, 0.2) is 52.2 Å². The number of hydrogen-bond donors (Lipinski definition) is 3. The van der Waals surface area contributed by atoms with Crippen LogP contribution in [0.5, 0.6) is 5.75 Å². The van der Waals surface area contributed by atoms with Crippen molar-refractivity contribution < 1.29 is 28.4 Å². The van der Waals surface area contributed by atoms with Crippen molar-refractivity contribution in [1.29, 1.82) is 0 Å². The first kappa shape index (κ1) is 26.5. The Morgan fingerprint density at radius 3 is 2.65 bits per heavy atom. The summed E-state index contributed by atoms with van der Waals surface area (Å²) < 4.78 is 24.0. The largest absolute Gasteiger partial charge is 0.465 e. The van der Waals surface area contributed by atoms with Crippen LogP contribution in [0.3, 0.4) is 0 Å². The second kappa shape index (κ2) is 11.6. The van der Waals surface area contributed by atoms with Crippen molar-refractivity contribution in [3.05, 3.63) is 63.4 Å². The minimum atomic E-state index is -1.87. The number of alkyl halides is 1. The second-order valence-electron chi connectivity index (χ2n) is 7.93. The van der Waals surface area contributed by atoms with E-state index in [2.05, 4.69) is 26.0 Å². The molecule has 1 aromatic carbocycles. The summed E-state index contributed by atoms with van der Waals surface area (Å²) in [5, 5.41) is 13.7. The summed E-state index contributed by atoms with van der Waals surface area (Å²) in [6.07, 6.45) is -1.44. The molecule has 1 saturated heterocycles. The first-order valence-electron chi connectivity index (χ1n) is 10.5. The fourth-order valence-electron chi connectivity index (χ4n) is 3.08. The highest BCUT2D eigenvalue weighted by atomic mass is 79.9. The van der Waals surface area contributed by atoms with Gasteiger partial charge < -0.3 is 23.6 Å². The van der Waals surface area contributed by atoms with Crippen LogP contribution in [-0.4, -0.2) is 56.4 Å². The number of aromatic amines is 1. The van der Waals surface area contributed by atoms with Crippen LogP contribution in [0.2, 0.25) is 0 Å². The quantitative estimate of drug-likeness (QED) is 0.226. The topological polar surface area (TPSA) is 141 Å². The molecule has 2 heterocycles. The highest BCUT2D eigenvalue weighted by Crippen LogP contribution is 2.40. The van der Waals surface area contributed by atoms with Crippen LogP contribution in [0.25, 0.3) is 0 Å². The molecule has 0 aliphatic carbocycles. The van der Waals surface area contributed by atoms with Gasteiger partial charge in [-0.15, -0.1) is 0 Å². The van der Waals surface area contributed by atoms with Crippen LogP contribution in [0, 0.1) is 0 Å². The number of halogens is 1. The van der Waals surface area contributed by atoms with Crippen LogP contribution in [-0.2, 0) is 18.8 Å². The zero-order chi connectivity index (χ0) is 24.9. The van der Waals surface area contributed by atoms with Crippen molar-refractivity contribution >= 4 is 30.4 Å². The van der Waals surface area contributed by atoms with E-state index >= 15 is 0 Å². The summed E-state index contributed by atoms with van der Waals surface area (Å²) in [4.78, 5) is 37.4. The molecule has 0 radical (unpaired) electrons. The molecule has 3 rings (SSSR count). The van der Waals surface area contributed by atoms with E-state index in [0.717, 1.165) is 0 Å². The molecule has 1 fully saturated rings. The van der Waals surface area contributed by atoms with E-state index in [9.17, 15) is 19.5 Å². The molecule has 2 aromatic rings. The Morgan fingerprint density at radius 2 is 2.00 bits per heavy atom. The lowest BCUT2D eigenvalue weighted by molar-refractivity contribution is -0.149. The van der Waals surface area contributed by atoms with Gasteiger partial charge in [-0.1, -0.05) is 34.1 Å². The number of H-pyrrole nitrogens is 1. The van der Waals surface area contributed by atoms with Gasteiger partial charge in [-0.05, 0) is 32.9 Å². The molecule has 11 nitrogen and oxygen atoms in total. The van der Waals surface area contributed by atoms with Gasteiger partial charge in [0.1, 0.15) is 17.4 Å². The molecule has 1 aliphatic rings. The average Bonchev–Trinajstić information content (AvgIpc) is 3.06. The maximum absolute atomic E-state index is 12.4. The molecule has 3 N–H and O–H groups in total. The van der Waals surface area contributed by atoms with Gasteiger partial charge in [-0.25, -0.2) is 9.88 Å². The molecule has 0 bridgehead atoms. The number of aromatic nitrogens is 2. The highest BCUT2D eigenvalue weighted by Gasteiger charge is 2.44. The molecule has 186 valence electrons. The summed E-state index contributed by atoms with van der Waals surface area (Å²) in [6.45, 7) is 5.12. The maximum atomic E-state index is 12.4. The minimum Gasteiger partial charge on any atom is -0.465 e. The van der Waals surface area contributed by atoms with E-state index in [1.807, 2.05) is 6.07 Å². The van der Waals surface area contributed by atoms with Crippen molar-refractivity contribution in [2.45, 2.75) is 49.6 Å². The predicted octanol–water partition coefficient (Wildman–Crippen LogP) is 1.81. The highest BCUT2D eigenvalue weighted by molar-refractivity contribution is 9.09. The number of ether oxygens (including phenoxy) is 2. The van der Waals surface area contributed by atoms with Crippen LogP contribution in [0.4, 0.5) is 0 Å². The van der Waals surface area contributed by atoms with Gasteiger partial charge in [0.05, 0.1) is 24.1 Å². The van der Waals surface area contributed by atoms with Crippen molar-refractivity contribution in [1.82, 2.24) is 14.6 Å². The van der Waals surface area contributed by atoms with Crippen molar-refractivity contribution in [2.24, 2.45) is 0 Å². The molecule has 0 spiro atoms. The van der Waals surface area contributed by atoms with Gasteiger partial charge in [0, 0.05) is 12.3 Å². The summed E-state index contributed by atoms with van der Waals surface area (Å²) in [5.74, 6) is 0.0441. The molecule has 4 unspecified atom stereocenters. The molecule has 1 aromatic heterocycles. The number of esters is 1. The van der Waals surface area contributed by atoms with Crippen LogP contribution in [0.1, 0.15) is 27.0 Å². The SMILES string of the molecule is CCOC(=O)C(C)(C)NP(OCC1OC(n2ccc(=O)[nH]c2=O)C(Br)[C@@H]1O)Oc1ccccc1. The minimum absolute atomic E-state index is 0.109. The zero-order valence-corrected chi connectivity index (χ0v) is 21.3. The third-order valence-corrected chi connectivity index (χ3v) is 7.36. The second-order valence-corrected chi connectivity index (χ2v) is 10.2. The van der Waals surface area contributed by atoms with Crippen LogP contribution >= 0.6 is 24.5 Å². The maximum Gasteiger partial charge on any atom is 0.330 e. The monoisotopic (exact) mass is 559 g/mol. The van der Waals surface area contributed by atoms with Crippen molar-refractivity contribution in [2.75, 3.05) is 13.2 Å². The Balaban J connectivity index is 1.72. The number of hydrogen-bond acceptors (Lipinski definition) is 9. The van der Waals surface area contributed by atoms with E-state index in [1.165, 1.54) is 16.8 Å². The number of nitrogens with zero attached hydrogens (tertiary/aromatic N) is 1. The van der Waals surface area contributed by atoms with E-state index in [0.29, 0.717) is 5.75 Å². The lowest BCUT2D eigenvalue weighted by atomic mass is 10.1. The number of carbonyl (C=O) groups excluding carboxylic acids is 1. The van der Waals surface area contributed by atoms with Crippen molar-refractivity contribution in [3.63, 3.8) is 0 Å². The smallest absolute Gasteiger partial charge is 0.330 e. The number of nitrogens with one attached hydrogen (secondary N) is 2. The first-order chi connectivity index (χ1) is 16.1. The molecule has 34 heavy (non-hydrogen) atoms. The molecule has 1 aliphatic heterocycles. The third-order valence-electron chi connectivity index (χ3n) is 4.86. The van der Waals surface area contributed by atoms with Gasteiger partial charge in [0.2, 0.25) is 0 Å². The number of para-hydroxylation sites is 1. The number of benzene rings is 1. The van der Waals surface area contributed by atoms with Crippen LogP contribution < -0.4 is 20.9 Å². The molecular formula is C21H27BrN3O8P. The summed E-state index contributed by atoms with van der Waals surface area (Å²) in [7, 11) is -1.87. The lowest BCUT2D eigenvalue weighted by Crippen LogP contribution is -2.46. The summed E-state index contributed by atoms with van der Waals surface area (Å²) >= 11 is 3.36. The number of rotatable bonds is 10. The fourth-order valence-corrected chi connectivity index (χ4v) is 5.10. The zero-order valence-electron chi connectivity index (χ0n) is 18.8. The molecule has 13 heteroatoms. The van der Waals surface area contributed by atoms with Crippen molar-refractivity contribution in [3.8, 4) is 5.75 Å². The number of aliphatic hydroxyl groups excluding tert-OH is 1. The Bertz CT molecular complexity index is 1080. The summed E-state index contributed by atoms with van der Waals surface area (Å²) in [5.41, 5.74) is -2.32. The van der Waals surface area contributed by atoms with E-state index < -0.39 is 54.5 Å². The van der Waals surface area contributed by atoms with Gasteiger partial charge in [-0.3, -0.25) is 19.1 Å². The lowest BCUT2D eigenvalue weighted by Gasteiger charge is -2.29. The standard InChI is InChI=1S/C21H27BrN3O8P/c1-4-30-19(28)21(2,3)24-34(33-13-8-6-5-7-9-13)31-12-14-17(27)16(22)18(32-14)25-11-10-15(26)23-20(25)29/h5-11,14,16-18,24,27H,4,12H2,1-3H3,(H,23,26,29)/t14?,16?,17-,18?,34?/m1/s1. The number of aliphatic hydroxyl groups is 1. The number of carbonyl (C=O) groups is 1. The van der Waals surface area contributed by atoms with Gasteiger partial charge in [0.15, 0.2) is 6.23 Å². The predicted molar refractivity (Wildman–Crippen MR) is 128 cm³/mol. The van der Waals surface area contributed by atoms with E-state index in [-0.39, 0.29) is 13.2 Å². The Labute approximate surface area is 205 Å². The van der Waals surface area contributed by atoms with Gasteiger partial charge >= 0.3 is 20.2 Å². The third kappa shape index (κ3) is 6.53. The fraction of sp³-hybridized carbons (Fsp3) is 0.476. The molecule has 0 saturated carbocycles. The Morgan fingerprint density at radius 1 is 1.29 bits per heavy atom. The Hall–Kier alpha value is -2.08. The first-order valence-corrected chi connectivity index (χ1v) is 12.6. The van der Waals surface area contributed by atoms with E-state index in [1.54, 1.807) is 45.0 Å². The molecular weight excluding hydrogens is 533 g/mol. The summed E-state index contributed by atoms with van der Waals surface area (Å²) in [6, 6.07) is 10.1. The van der Waals surface area contributed by atoms with E-state index in [4.69, 9.17) is 18.5 Å².